The highest BCUT2D eigenvalue weighted by Gasteiger charge is 1.94. The highest BCUT2D eigenvalue weighted by Crippen LogP contribution is 2.11. The van der Waals surface area contributed by atoms with E-state index in [2.05, 4.69) is 0 Å². The molecule has 0 N–H and O–H groups in total. The average molecular weight is 199 g/mol. The fraction of sp³-hybridized carbons (Fsp3) is 0.333. The lowest BCUT2D eigenvalue weighted by molar-refractivity contribution is 0.414. The predicted molar refractivity (Wildman–Crippen MR) is 50.5 cm³/mol. The minimum Gasteiger partial charge on any atom is -0.772 e. The molecule has 4 heteroatoms. The molecule has 0 aliphatic carbocycles. The first kappa shape index (κ1) is 10.2. The second-order valence-electron chi connectivity index (χ2n) is 2.61. The molecule has 0 aliphatic rings. The predicted octanol–water partition coefficient (Wildman–Crippen LogP) is 1.12. The van der Waals surface area contributed by atoms with Crippen LogP contribution in [-0.4, -0.2) is 21.6 Å². The standard InChI is InChI=1S/C9H12O3S/c1-12-9-4-2-8(3-5-9)6-7-13(10)11/h2-5H,6-7H2,1H3,(H,10,11)/p-1. The van der Waals surface area contributed by atoms with Gasteiger partial charge in [-0.1, -0.05) is 23.2 Å². The Morgan fingerprint density at radius 2 is 2.00 bits per heavy atom. The Bertz CT molecular complexity index is 281. The average Bonchev–Trinajstić information content (AvgIpc) is 2.15. The number of rotatable bonds is 4. The van der Waals surface area contributed by atoms with E-state index < -0.39 is 11.1 Å². The van der Waals surface area contributed by atoms with Gasteiger partial charge in [0.2, 0.25) is 0 Å². The van der Waals surface area contributed by atoms with Gasteiger partial charge in [-0.25, -0.2) is 0 Å². The minimum absolute atomic E-state index is 0.173. The Kier molecular flexibility index (Phi) is 3.92. The van der Waals surface area contributed by atoms with Crippen LogP contribution in [0.3, 0.4) is 0 Å². The van der Waals surface area contributed by atoms with Crippen LogP contribution in [0.5, 0.6) is 5.75 Å². The molecule has 1 unspecified atom stereocenters. The summed E-state index contributed by atoms with van der Waals surface area (Å²) >= 11 is -1.95. The van der Waals surface area contributed by atoms with Crippen molar-refractivity contribution >= 4 is 11.1 Å². The lowest BCUT2D eigenvalue weighted by atomic mass is 10.2. The molecule has 0 heterocycles. The summed E-state index contributed by atoms with van der Waals surface area (Å²) in [4.78, 5) is 0. The number of aryl methyl sites for hydroxylation is 1. The van der Waals surface area contributed by atoms with Crippen molar-refractivity contribution in [2.45, 2.75) is 6.42 Å². The molecule has 1 aromatic rings. The van der Waals surface area contributed by atoms with Crippen LogP contribution in [0.25, 0.3) is 0 Å². The zero-order chi connectivity index (χ0) is 9.68. The third kappa shape index (κ3) is 3.57. The first-order chi connectivity index (χ1) is 6.22. The number of methoxy groups -OCH3 is 1. The molecular weight excluding hydrogens is 188 g/mol. The Morgan fingerprint density at radius 3 is 2.46 bits per heavy atom. The molecule has 1 atom stereocenters. The summed E-state index contributed by atoms with van der Waals surface area (Å²) in [5.74, 6) is 0.957. The van der Waals surface area contributed by atoms with E-state index in [0.717, 1.165) is 11.3 Å². The van der Waals surface area contributed by atoms with Crippen LogP contribution in [0.1, 0.15) is 5.56 Å². The van der Waals surface area contributed by atoms with E-state index in [-0.39, 0.29) is 5.75 Å². The first-order valence-corrected chi connectivity index (χ1v) is 5.15. The van der Waals surface area contributed by atoms with E-state index in [0.29, 0.717) is 6.42 Å². The fourth-order valence-electron chi connectivity index (χ4n) is 0.993. The Labute approximate surface area is 80.0 Å². The molecule has 1 rings (SSSR count). The maximum absolute atomic E-state index is 10.3. The molecule has 13 heavy (non-hydrogen) atoms. The monoisotopic (exact) mass is 199 g/mol. The van der Waals surface area contributed by atoms with Gasteiger partial charge in [-0.15, -0.1) is 0 Å². The van der Waals surface area contributed by atoms with E-state index >= 15 is 0 Å². The van der Waals surface area contributed by atoms with Gasteiger partial charge >= 0.3 is 0 Å². The summed E-state index contributed by atoms with van der Waals surface area (Å²) in [6.45, 7) is 0. The van der Waals surface area contributed by atoms with E-state index in [9.17, 15) is 8.76 Å². The van der Waals surface area contributed by atoms with Crippen molar-refractivity contribution < 1.29 is 13.5 Å². The second-order valence-corrected chi connectivity index (χ2v) is 3.62. The van der Waals surface area contributed by atoms with Crippen LogP contribution in [0.4, 0.5) is 0 Å². The largest absolute Gasteiger partial charge is 0.772 e. The van der Waals surface area contributed by atoms with E-state index in [1.165, 1.54) is 0 Å². The van der Waals surface area contributed by atoms with Gasteiger partial charge < -0.3 is 9.29 Å². The highest BCUT2D eigenvalue weighted by atomic mass is 32.2. The van der Waals surface area contributed by atoms with E-state index in [4.69, 9.17) is 4.74 Å². The second kappa shape index (κ2) is 4.99. The van der Waals surface area contributed by atoms with Crippen LogP contribution < -0.4 is 4.74 Å². The number of hydrogen-bond acceptors (Lipinski definition) is 3. The molecule has 1 aromatic carbocycles. The molecule has 0 fully saturated rings. The van der Waals surface area contributed by atoms with Gasteiger partial charge in [-0.05, 0) is 24.1 Å². The van der Waals surface area contributed by atoms with Gasteiger partial charge in [0.1, 0.15) is 5.75 Å². The first-order valence-electron chi connectivity index (χ1n) is 3.91. The Hall–Kier alpha value is -0.870. The van der Waals surface area contributed by atoms with Crippen molar-refractivity contribution in [3.8, 4) is 5.75 Å². The molecule has 0 radical (unpaired) electrons. The summed E-state index contributed by atoms with van der Waals surface area (Å²) < 4.78 is 25.5. The summed E-state index contributed by atoms with van der Waals surface area (Å²) in [6, 6.07) is 7.38. The van der Waals surface area contributed by atoms with Crippen molar-refractivity contribution in [1.29, 1.82) is 0 Å². The van der Waals surface area contributed by atoms with Crippen molar-refractivity contribution in [2.75, 3.05) is 12.9 Å². The molecular formula is C9H11O3S-. The van der Waals surface area contributed by atoms with Crippen LogP contribution in [0, 0.1) is 0 Å². The van der Waals surface area contributed by atoms with Crippen molar-refractivity contribution in [1.82, 2.24) is 0 Å². The maximum Gasteiger partial charge on any atom is 0.118 e. The van der Waals surface area contributed by atoms with Gasteiger partial charge in [-0.2, -0.15) is 0 Å². The van der Waals surface area contributed by atoms with Crippen molar-refractivity contribution in [2.24, 2.45) is 0 Å². The number of ether oxygens (including phenoxy) is 1. The smallest absolute Gasteiger partial charge is 0.118 e. The third-order valence-corrected chi connectivity index (χ3v) is 2.25. The van der Waals surface area contributed by atoms with Gasteiger partial charge in [-0.3, -0.25) is 4.21 Å². The quantitative estimate of drug-likeness (QED) is 0.683. The Balaban J connectivity index is 2.54. The van der Waals surface area contributed by atoms with Crippen LogP contribution >= 0.6 is 0 Å². The number of benzene rings is 1. The topological polar surface area (TPSA) is 49.4 Å². The van der Waals surface area contributed by atoms with Gasteiger partial charge in [0, 0.05) is 5.75 Å². The normalized spacial score (nSPS) is 12.5. The van der Waals surface area contributed by atoms with Gasteiger partial charge in [0.15, 0.2) is 0 Å². The molecule has 0 saturated carbocycles. The van der Waals surface area contributed by atoms with Crippen LogP contribution in [-0.2, 0) is 17.5 Å². The van der Waals surface area contributed by atoms with Crippen molar-refractivity contribution in [3.05, 3.63) is 29.8 Å². The maximum atomic E-state index is 10.3. The number of hydrogen-bond donors (Lipinski definition) is 0. The Morgan fingerprint density at radius 1 is 1.38 bits per heavy atom. The highest BCUT2D eigenvalue weighted by molar-refractivity contribution is 7.79. The van der Waals surface area contributed by atoms with Crippen molar-refractivity contribution in [3.63, 3.8) is 0 Å². The molecule has 0 spiro atoms. The third-order valence-electron chi connectivity index (χ3n) is 1.72. The fourth-order valence-corrected chi connectivity index (χ4v) is 1.40. The molecule has 0 bridgehead atoms. The summed E-state index contributed by atoms with van der Waals surface area (Å²) in [5, 5.41) is 0. The zero-order valence-corrected chi connectivity index (χ0v) is 8.17. The SMILES string of the molecule is COc1ccc(CCS(=O)[O-])cc1. The van der Waals surface area contributed by atoms with E-state index in [1.807, 2.05) is 24.3 Å². The van der Waals surface area contributed by atoms with Gasteiger partial charge in [0.05, 0.1) is 7.11 Å². The lowest BCUT2D eigenvalue weighted by Gasteiger charge is -2.05. The van der Waals surface area contributed by atoms with E-state index in [1.54, 1.807) is 7.11 Å². The molecule has 0 saturated heterocycles. The lowest BCUT2D eigenvalue weighted by Crippen LogP contribution is -1.99. The summed E-state index contributed by atoms with van der Waals surface area (Å²) in [7, 11) is 1.60. The summed E-state index contributed by atoms with van der Waals surface area (Å²) in [6.07, 6.45) is 0.556. The van der Waals surface area contributed by atoms with Crippen LogP contribution in [0.2, 0.25) is 0 Å². The molecule has 72 valence electrons. The minimum atomic E-state index is -1.95. The molecule has 0 aromatic heterocycles. The molecule has 0 aliphatic heterocycles. The van der Waals surface area contributed by atoms with Gasteiger partial charge in [0.25, 0.3) is 0 Å². The molecule has 3 nitrogen and oxygen atoms in total. The summed E-state index contributed by atoms with van der Waals surface area (Å²) in [5.41, 5.74) is 1.00. The van der Waals surface area contributed by atoms with Crippen LogP contribution in [0.15, 0.2) is 24.3 Å². The molecule has 0 amide bonds. The zero-order valence-electron chi connectivity index (χ0n) is 7.36.